The Kier molecular flexibility index (Phi) is 5.57. The highest BCUT2D eigenvalue weighted by Gasteiger charge is 2.34. The van der Waals surface area contributed by atoms with Gasteiger partial charge in [-0.1, -0.05) is 19.9 Å². The van der Waals surface area contributed by atoms with Crippen molar-refractivity contribution in [3.63, 3.8) is 0 Å². The number of piperazine rings is 1. The molecule has 5 heteroatoms. The molecule has 20 heavy (non-hydrogen) atoms. The molecule has 0 radical (unpaired) electrons. The minimum absolute atomic E-state index is 0.477. The molecule has 0 bridgehead atoms. The topological polar surface area (TPSA) is 43.8 Å². The summed E-state index contributed by atoms with van der Waals surface area (Å²) in [6.45, 7) is 8.17. The van der Waals surface area contributed by atoms with Gasteiger partial charge in [0, 0.05) is 30.6 Å². The molecule has 2 heterocycles. The summed E-state index contributed by atoms with van der Waals surface area (Å²) in [7, 11) is 0. The van der Waals surface area contributed by atoms with Crippen LogP contribution in [0.1, 0.15) is 37.6 Å². The minimum Gasteiger partial charge on any atom is -0.480 e. The van der Waals surface area contributed by atoms with Gasteiger partial charge in [0.25, 0.3) is 0 Å². The van der Waals surface area contributed by atoms with Gasteiger partial charge in [-0.05, 0) is 30.8 Å². The monoisotopic (exact) mass is 296 g/mol. The lowest BCUT2D eigenvalue weighted by molar-refractivity contribution is -0.144. The first-order valence-corrected chi connectivity index (χ1v) is 8.29. The maximum absolute atomic E-state index is 11.7. The van der Waals surface area contributed by atoms with Gasteiger partial charge in [0.2, 0.25) is 0 Å². The summed E-state index contributed by atoms with van der Waals surface area (Å²) in [6.07, 6.45) is 2.23. The van der Waals surface area contributed by atoms with Crippen molar-refractivity contribution in [3.05, 3.63) is 22.4 Å². The van der Waals surface area contributed by atoms with Gasteiger partial charge in [-0.25, -0.2) is 0 Å². The van der Waals surface area contributed by atoms with Gasteiger partial charge >= 0.3 is 5.97 Å². The summed E-state index contributed by atoms with van der Waals surface area (Å²) in [5.41, 5.74) is 0. The first-order valence-electron chi connectivity index (χ1n) is 7.41. The number of hydrogen-bond acceptors (Lipinski definition) is 4. The van der Waals surface area contributed by atoms with Gasteiger partial charge in [-0.15, -0.1) is 11.3 Å². The van der Waals surface area contributed by atoms with Crippen molar-refractivity contribution < 1.29 is 9.90 Å². The van der Waals surface area contributed by atoms with Crippen LogP contribution < -0.4 is 0 Å². The number of nitrogens with zero attached hydrogens (tertiary/aromatic N) is 2. The van der Waals surface area contributed by atoms with Crippen LogP contribution in [0, 0.1) is 0 Å². The number of hydrogen-bond donors (Lipinski definition) is 1. The van der Waals surface area contributed by atoms with E-state index in [2.05, 4.69) is 23.6 Å². The molecule has 0 amide bonds. The van der Waals surface area contributed by atoms with E-state index in [4.69, 9.17) is 0 Å². The molecule has 2 atom stereocenters. The number of aliphatic carboxylic acids is 1. The highest BCUT2D eigenvalue weighted by atomic mass is 32.1. The van der Waals surface area contributed by atoms with E-state index in [1.54, 1.807) is 0 Å². The van der Waals surface area contributed by atoms with E-state index in [0.717, 1.165) is 43.9 Å². The minimum atomic E-state index is -0.730. The van der Waals surface area contributed by atoms with Crippen LogP contribution in [-0.2, 0) is 4.79 Å². The fraction of sp³-hybridized carbons (Fsp3) is 0.667. The molecule has 1 fully saturated rings. The Labute approximate surface area is 125 Å². The number of carboxylic acids is 1. The average Bonchev–Trinajstić information content (AvgIpc) is 2.94. The normalized spacial score (nSPS) is 22.8. The van der Waals surface area contributed by atoms with E-state index in [1.165, 1.54) is 11.3 Å². The lowest BCUT2D eigenvalue weighted by atomic mass is 10.1. The Balaban J connectivity index is 2.10. The van der Waals surface area contributed by atoms with Crippen molar-refractivity contribution in [1.29, 1.82) is 0 Å². The third-order valence-electron chi connectivity index (χ3n) is 4.03. The summed E-state index contributed by atoms with van der Waals surface area (Å²) in [5, 5.41) is 11.5. The number of rotatable bonds is 6. The molecule has 1 N–H and O–H groups in total. The fourth-order valence-corrected chi connectivity index (χ4v) is 3.88. The summed E-state index contributed by atoms with van der Waals surface area (Å²) in [5.74, 6) is -0.730. The number of thiophene rings is 1. The maximum atomic E-state index is 11.7. The molecule has 1 aliphatic heterocycles. The molecule has 2 unspecified atom stereocenters. The third kappa shape index (κ3) is 3.40. The molecule has 1 aromatic heterocycles. The number of carboxylic acid groups (broad SMARTS) is 1. The van der Waals surface area contributed by atoms with E-state index in [9.17, 15) is 9.90 Å². The van der Waals surface area contributed by atoms with Crippen molar-refractivity contribution in [3.8, 4) is 0 Å². The second-order valence-corrected chi connectivity index (χ2v) is 6.33. The molecule has 0 aromatic carbocycles. The third-order valence-corrected chi connectivity index (χ3v) is 4.95. The molecule has 2 rings (SSSR count). The van der Waals surface area contributed by atoms with Gasteiger partial charge in [-0.2, -0.15) is 0 Å². The Morgan fingerprint density at radius 1 is 1.50 bits per heavy atom. The van der Waals surface area contributed by atoms with Crippen LogP contribution in [0.4, 0.5) is 0 Å². The van der Waals surface area contributed by atoms with Gasteiger partial charge in [0.1, 0.15) is 6.04 Å². The number of carbonyl (C=O) groups is 1. The molecule has 1 saturated heterocycles. The van der Waals surface area contributed by atoms with Crippen LogP contribution >= 0.6 is 11.3 Å². The molecule has 1 aliphatic rings. The van der Waals surface area contributed by atoms with Crippen molar-refractivity contribution >= 4 is 17.3 Å². The van der Waals surface area contributed by atoms with Gasteiger partial charge in [0.05, 0.1) is 0 Å². The van der Waals surface area contributed by atoms with Crippen molar-refractivity contribution in [2.75, 3.05) is 26.2 Å². The highest BCUT2D eigenvalue weighted by molar-refractivity contribution is 7.10. The predicted molar refractivity (Wildman–Crippen MR) is 82.2 cm³/mol. The average molecular weight is 296 g/mol. The van der Waals surface area contributed by atoms with Crippen LogP contribution in [0.2, 0.25) is 0 Å². The lowest BCUT2D eigenvalue weighted by Crippen LogP contribution is -2.54. The largest absolute Gasteiger partial charge is 0.480 e. The second-order valence-electron chi connectivity index (χ2n) is 5.35. The Morgan fingerprint density at radius 2 is 2.30 bits per heavy atom. The molecule has 0 saturated carbocycles. The fourth-order valence-electron chi connectivity index (χ4n) is 3.02. The lowest BCUT2D eigenvalue weighted by Gasteiger charge is -2.43. The summed E-state index contributed by atoms with van der Waals surface area (Å²) >= 11 is 1.54. The van der Waals surface area contributed by atoms with E-state index < -0.39 is 12.0 Å². The van der Waals surface area contributed by atoms with Crippen molar-refractivity contribution in [1.82, 2.24) is 9.80 Å². The zero-order valence-electron chi connectivity index (χ0n) is 12.3. The SMILES string of the molecule is CCCN1CCN(C(C(=O)O)c2cccs2)CC1CC. The van der Waals surface area contributed by atoms with Crippen molar-refractivity contribution in [2.24, 2.45) is 0 Å². The summed E-state index contributed by atoms with van der Waals surface area (Å²) < 4.78 is 0. The van der Waals surface area contributed by atoms with Gasteiger partial charge in [-0.3, -0.25) is 14.6 Å². The highest BCUT2D eigenvalue weighted by Crippen LogP contribution is 2.28. The van der Waals surface area contributed by atoms with Crippen LogP contribution in [0.5, 0.6) is 0 Å². The quantitative estimate of drug-likeness (QED) is 0.876. The van der Waals surface area contributed by atoms with Crippen LogP contribution in [0.15, 0.2) is 17.5 Å². The van der Waals surface area contributed by atoms with E-state index in [0.29, 0.717) is 6.04 Å². The van der Waals surface area contributed by atoms with Gasteiger partial charge in [0.15, 0.2) is 0 Å². The molecule has 4 nitrogen and oxygen atoms in total. The zero-order chi connectivity index (χ0) is 14.5. The van der Waals surface area contributed by atoms with Crippen LogP contribution in [0.3, 0.4) is 0 Å². The standard InChI is InChI=1S/C15H24N2O2S/c1-3-7-16-8-9-17(11-12(16)4-2)14(15(18)19)13-6-5-10-20-13/h5-6,10,12,14H,3-4,7-9,11H2,1-2H3,(H,18,19). The first-order chi connectivity index (χ1) is 9.67. The van der Waals surface area contributed by atoms with Crippen LogP contribution in [-0.4, -0.2) is 53.1 Å². The Morgan fingerprint density at radius 3 is 2.85 bits per heavy atom. The molecule has 1 aromatic rings. The van der Waals surface area contributed by atoms with Crippen LogP contribution in [0.25, 0.3) is 0 Å². The maximum Gasteiger partial charge on any atom is 0.326 e. The second kappa shape index (κ2) is 7.20. The summed E-state index contributed by atoms with van der Waals surface area (Å²) in [6, 6.07) is 3.86. The van der Waals surface area contributed by atoms with E-state index in [-0.39, 0.29) is 0 Å². The molecule has 112 valence electrons. The van der Waals surface area contributed by atoms with E-state index >= 15 is 0 Å². The van der Waals surface area contributed by atoms with E-state index in [1.807, 2.05) is 17.5 Å². The van der Waals surface area contributed by atoms with Crippen molar-refractivity contribution in [2.45, 2.75) is 38.8 Å². The smallest absolute Gasteiger partial charge is 0.326 e. The Hall–Kier alpha value is -0.910. The molecular formula is C15H24N2O2S. The molecular weight excluding hydrogens is 272 g/mol. The summed E-state index contributed by atoms with van der Waals surface area (Å²) in [4.78, 5) is 17.2. The van der Waals surface area contributed by atoms with Gasteiger partial charge < -0.3 is 5.11 Å². The molecule has 0 spiro atoms. The predicted octanol–water partition coefficient (Wildman–Crippen LogP) is 2.68. The molecule has 0 aliphatic carbocycles. The zero-order valence-corrected chi connectivity index (χ0v) is 13.1. The Bertz CT molecular complexity index is 422. The first kappa shape index (κ1) is 15.5.